The van der Waals surface area contributed by atoms with Crippen LogP contribution in [0.2, 0.25) is 0 Å². The molecule has 1 aliphatic rings. The Hall–Kier alpha value is -3.92. The van der Waals surface area contributed by atoms with Gasteiger partial charge in [0.25, 0.3) is 0 Å². The van der Waals surface area contributed by atoms with E-state index in [2.05, 4.69) is 69.3 Å². The van der Waals surface area contributed by atoms with E-state index in [-0.39, 0.29) is 11.8 Å². The first kappa shape index (κ1) is 28.1. The summed E-state index contributed by atoms with van der Waals surface area (Å²) in [5.74, 6) is -0.174. The highest BCUT2D eigenvalue weighted by atomic mass is 16.5. The number of aryl methyl sites for hydroxylation is 3. The maximum absolute atomic E-state index is 13.8. The topological polar surface area (TPSA) is 46.6 Å². The van der Waals surface area contributed by atoms with Crippen LogP contribution in [0.5, 0.6) is 0 Å². The minimum Gasteiger partial charge on any atom is -0.466 e. The van der Waals surface area contributed by atoms with Crippen molar-refractivity contribution < 1.29 is 14.3 Å². The van der Waals surface area contributed by atoms with Crippen LogP contribution in [-0.2, 0) is 20.9 Å². The largest absolute Gasteiger partial charge is 0.466 e. The molecule has 0 radical (unpaired) electrons. The van der Waals surface area contributed by atoms with Gasteiger partial charge in [-0.1, -0.05) is 85.5 Å². The molecule has 0 atom stereocenters. The van der Waals surface area contributed by atoms with Crippen LogP contribution in [0.25, 0.3) is 18.2 Å². The maximum Gasteiger partial charge on any atom is 0.330 e. The summed E-state index contributed by atoms with van der Waals surface area (Å²) in [6.45, 7) is 6.94. The van der Waals surface area contributed by atoms with Gasteiger partial charge in [-0.05, 0) is 85.2 Å². The summed E-state index contributed by atoms with van der Waals surface area (Å²) in [6.07, 6.45) is 12.8. The number of amides is 1. The van der Waals surface area contributed by atoms with Gasteiger partial charge in [-0.25, -0.2) is 4.79 Å². The first-order chi connectivity index (χ1) is 18.8. The van der Waals surface area contributed by atoms with Crippen molar-refractivity contribution in [2.24, 2.45) is 5.92 Å². The third kappa shape index (κ3) is 7.57. The van der Waals surface area contributed by atoms with Gasteiger partial charge in [-0.15, -0.1) is 0 Å². The number of carbonyl (C=O) groups excluding carboxylic acids is 2. The number of ether oxygens (including phenoxy) is 1. The van der Waals surface area contributed by atoms with Crippen LogP contribution in [-0.4, -0.2) is 19.0 Å². The monoisotopic (exact) mass is 521 g/mol. The fraction of sp³-hybridized carbons (Fsp3) is 0.314. The Kier molecular flexibility index (Phi) is 9.54. The Balaban J connectivity index is 1.56. The molecular formula is C35H39NO3. The quantitative estimate of drug-likeness (QED) is 0.171. The van der Waals surface area contributed by atoms with Gasteiger partial charge >= 0.3 is 5.97 Å². The number of hydrogen-bond acceptors (Lipinski definition) is 3. The van der Waals surface area contributed by atoms with Crippen molar-refractivity contribution in [3.05, 3.63) is 106 Å². The highest BCUT2D eigenvalue weighted by molar-refractivity contribution is 5.95. The van der Waals surface area contributed by atoms with E-state index in [0.717, 1.165) is 48.1 Å². The minimum atomic E-state index is -0.405. The Bertz CT molecular complexity index is 1340. The number of nitrogens with zero attached hydrogens (tertiary/aromatic N) is 1. The lowest BCUT2D eigenvalue weighted by molar-refractivity contribution is -0.134. The first-order valence-electron chi connectivity index (χ1n) is 13.9. The van der Waals surface area contributed by atoms with Crippen molar-refractivity contribution in [1.82, 2.24) is 0 Å². The molecule has 3 aromatic carbocycles. The van der Waals surface area contributed by atoms with E-state index in [1.807, 2.05) is 29.2 Å². The van der Waals surface area contributed by atoms with Crippen LogP contribution in [0, 0.1) is 26.7 Å². The molecule has 0 aliphatic heterocycles. The third-order valence-corrected chi connectivity index (χ3v) is 7.52. The number of benzene rings is 3. The standard InChI is InChI=1S/C35H39NO3/c1-25-21-26(2)33(27(3)22-25)19-17-28-13-15-30(16-14-28)24-36(35(38)31-10-6-5-7-11-31)32-12-8-9-29(23-32)18-20-34(37)39-4/h8-9,12-23,31H,5-7,10-11,24H2,1-4H3/b19-17+,20-18+. The summed E-state index contributed by atoms with van der Waals surface area (Å²) in [6, 6.07) is 20.7. The lowest BCUT2D eigenvalue weighted by Gasteiger charge is -2.30. The van der Waals surface area contributed by atoms with E-state index < -0.39 is 5.97 Å². The first-order valence-corrected chi connectivity index (χ1v) is 13.9. The molecule has 0 N–H and O–H groups in total. The molecule has 0 bridgehead atoms. The zero-order valence-corrected chi connectivity index (χ0v) is 23.6. The number of hydrogen-bond donors (Lipinski definition) is 0. The predicted octanol–water partition coefficient (Wildman–Crippen LogP) is 8.08. The SMILES string of the molecule is COC(=O)/C=C/c1cccc(N(Cc2ccc(/C=C/c3c(C)cc(C)cc3C)cc2)C(=O)C2CCCCC2)c1. The zero-order valence-electron chi connectivity index (χ0n) is 23.6. The summed E-state index contributed by atoms with van der Waals surface area (Å²) >= 11 is 0. The zero-order chi connectivity index (χ0) is 27.8. The fourth-order valence-electron chi connectivity index (χ4n) is 5.45. The van der Waals surface area contributed by atoms with Gasteiger partial charge in [0.2, 0.25) is 5.91 Å². The molecule has 4 rings (SSSR count). The van der Waals surface area contributed by atoms with Crippen molar-refractivity contribution in [3.63, 3.8) is 0 Å². The molecule has 3 aromatic rings. The summed E-state index contributed by atoms with van der Waals surface area (Å²) in [4.78, 5) is 27.3. The van der Waals surface area contributed by atoms with Gasteiger partial charge in [-0.3, -0.25) is 4.79 Å². The van der Waals surface area contributed by atoms with Crippen LogP contribution in [0.1, 0.15) is 71.0 Å². The highest BCUT2D eigenvalue weighted by Crippen LogP contribution is 2.29. The summed E-state index contributed by atoms with van der Waals surface area (Å²) in [7, 11) is 1.36. The molecule has 4 nitrogen and oxygen atoms in total. The minimum absolute atomic E-state index is 0.0520. The molecule has 1 amide bonds. The van der Waals surface area contributed by atoms with Gasteiger partial charge in [0.1, 0.15) is 0 Å². The number of rotatable bonds is 8. The van der Waals surface area contributed by atoms with Crippen molar-refractivity contribution in [3.8, 4) is 0 Å². The number of esters is 1. The van der Waals surface area contributed by atoms with Crippen LogP contribution in [0.3, 0.4) is 0 Å². The Morgan fingerprint density at radius 1 is 0.846 bits per heavy atom. The molecule has 0 unspecified atom stereocenters. The average Bonchev–Trinajstić information content (AvgIpc) is 2.95. The van der Waals surface area contributed by atoms with Gasteiger partial charge < -0.3 is 9.64 Å². The van der Waals surface area contributed by atoms with Gasteiger partial charge in [-0.2, -0.15) is 0 Å². The predicted molar refractivity (Wildman–Crippen MR) is 161 cm³/mol. The molecular weight excluding hydrogens is 482 g/mol. The van der Waals surface area contributed by atoms with Crippen LogP contribution in [0.15, 0.2) is 66.7 Å². The van der Waals surface area contributed by atoms with E-state index in [1.165, 1.54) is 41.9 Å². The molecule has 1 saturated carbocycles. The molecule has 0 saturated heterocycles. The molecule has 0 aromatic heterocycles. The summed E-state index contributed by atoms with van der Waals surface area (Å²) < 4.78 is 4.72. The van der Waals surface area contributed by atoms with Crippen LogP contribution < -0.4 is 4.90 Å². The van der Waals surface area contributed by atoms with Gasteiger partial charge in [0.05, 0.1) is 13.7 Å². The van der Waals surface area contributed by atoms with Crippen LogP contribution >= 0.6 is 0 Å². The van der Waals surface area contributed by atoms with E-state index in [0.29, 0.717) is 6.54 Å². The average molecular weight is 522 g/mol. The van der Waals surface area contributed by atoms with E-state index in [9.17, 15) is 9.59 Å². The Labute approximate surface area is 233 Å². The highest BCUT2D eigenvalue weighted by Gasteiger charge is 2.27. The van der Waals surface area contributed by atoms with Gasteiger partial charge in [0.15, 0.2) is 0 Å². The van der Waals surface area contributed by atoms with Crippen molar-refractivity contribution in [2.75, 3.05) is 12.0 Å². The second kappa shape index (κ2) is 13.2. The number of carbonyl (C=O) groups is 2. The number of methoxy groups -OCH3 is 1. The Morgan fingerprint density at radius 2 is 1.54 bits per heavy atom. The van der Waals surface area contributed by atoms with Crippen LogP contribution in [0.4, 0.5) is 5.69 Å². The van der Waals surface area contributed by atoms with E-state index in [1.54, 1.807) is 6.08 Å². The smallest absolute Gasteiger partial charge is 0.330 e. The fourth-order valence-corrected chi connectivity index (χ4v) is 5.45. The van der Waals surface area contributed by atoms with E-state index >= 15 is 0 Å². The summed E-state index contributed by atoms with van der Waals surface area (Å²) in [5, 5.41) is 0. The molecule has 202 valence electrons. The lowest BCUT2D eigenvalue weighted by Crippen LogP contribution is -2.36. The second-order valence-corrected chi connectivity index (χ2v) is 10.6. The second-order valence-electron chi connectivity index (χ2n) is 10.6. The molecule has 0 spiro atoms. The number of anilines is 1. The normalized spacial score (nSPS) is 14.2. The maximum atomic E-state index is 13.8. The third-order valence-electron chi connectivity index (χ3n) is 7.52. The van der Waals surface area contributed by atoms with Crippen molar-refractivity contribution in [2.45, 2.75) is 59.4 Å². The molecule has 39 heavy (non-hydrogen) atoms. The molecule has 1 fully saturated rings. The molecule has 1 aliphatic carbocycles. The van der Waals surface area contributed by atoms with Crippen molar-refractivity contribution >= 4 is 35.8 Å². The summed E-state index contributed by atoms with van der Waals surface area (Å²) in [5.41, 5.74) is 8.99. The molecule has 0 heterocycles. The van der Waals surface area contributed by atoms with E-state index in [4.69, 9.17) is 4.74 Å². The Morgan fingerprint density at radius 3 is 2.21 bits per heavy atom. The lowest BCUT2D eigenvalue weighted by atomic mass is 9.88. The van der Waals surface area contributed by atoms with Gasteiger partial charge in [0, 0.05) is 17.7 Å². The molecule has 4 heteroatoms. The van der Waals surface area contributed by atoms with Crippen molar-refractivity contribution in [1.29, 1.82) is 0 Å².